The Morgan fingerprint density at radius 2 is 1.92 bits per heavy atom. The summed E-state index contributed by atoms with van der Waals surface area (Å²) in [5.41, 5.74) is 4.85. The highest BCUT2D eigenvalue weighted by Gasteiger charge is 2.07. The van der Waals surface area contributed by atoms with Crippen LogP contribution in [-0.4, -0.2) is 50.2 Å². The Labute approximate surface area is 143 Å². The minimum atomic E-state index is -0.250. The Morgan fingerprint density at radius 1 is 1.29 bits per heavy atom. The van der Waals surface area contributed by atoms with E-state index in [4.69, 9.17) is 9.90 Å². The summed E-state index contributed by atoms with van der Waals surface area (Å²) in [5, 5.41) is 14.2. The zero-order valence-electron chi connectivity index (χ0n) is 14.9. The number of carbonyl (C=O) groups is 1. The van der Waals surface area contributed by atoms with Crippen molar-refractivity contribution in [2.24, 2.45) is 0 Å². The molecule has 0 atom stereocenters. The second-order valence-electron chi connectivity index (χ2n) is 5.72. The first kappa shape index (κ1) is 19.8. The fourth-order valence-electron chi connectivity index (χ4n) is 2.50. The highest BCUT2D eigenvalue weighted by atomic mass is 16.3. The van der Waals surface area contributed by atoms with Gasteiger partial charge in [-0.1, -0.05) is 6.92 Å². The predicted molar refractivity (Wildman–Crippen MR) is 92.8 cm³/mol. The topological polar surface area (TPSA) is 95.0 Å². The third-order valence-corrected chi connectivity index (χ3v) is 3.77. The first-order valence-corrected chi connectivity index (χ1v) is 8.08. The minimum Gasteiger partial charge on any atom is -0.483 e. The molecule has 2 rings (SSSR count). The zero-order chi connectivity index (χ0) is 17.9. The predicted octanol–water partition coefficient (Wildman–Crippen LogP) is 2.14. The maximum absolute atomic E-state index is 8.36. The molecule has 0 saturated carbocycles. The van der Waals surface area contributed by atoms with Crippen LogP contribution in [0.2, 0.25) is 0 Å². The summed E-state index contributed by atoms with van der Waals surface area (Å²) in [6.45, 7) is 7.93. The highest BCUT2D eigenvalue weighted by Crippen LogP contribution is 2.12. The number of rotatable bonds is 7. The summed E-state index contributed by atoms with van der Waals surface area (Å²) in [5.74, 6) is 0.910. The van der Waals surface area contributed by atoms with Gasteiger partial charge in [-0.3, -0.25) is 9.89 Å². The molecule has 7 heteroatoms. The Morgan fingerprint density at radius 3 is 2.42 bits per heavy atom. The summed E-state index contributed by atoms with van der Waals surface area (Å²) in [6.07, 6.45) is 6.97. The van der Waals surface area contributed by atoms with Gasteiger partial charge in [0.2, 0.25) is 0 Å². The minimum absolute atomic E-state index is 0.250. The molecule has 2 heterocycles. The molecule has 0 aliphatic heterocycles. The first-order valence-electron chi connectivity index (χ1n) is 8.08. The number of aromatic nitrogens is 4. The number of aromatic amines is 1. The van der Waals surface area contributed by atoms with E-state index in [0.717, 1.165) is 43.9 Å². The van der Waals surface area contributed by atoms with Gasteiger partial charge < -0.3 is 10.0 Å². The van der Waals surface area contributed by atoms with Gasteiger partial charge in [0.05, 0.1) is 5.69 Å². The SMILES string of the molecule is CCc1ncc(CN(C)CCCc2c(C)n[nH]c2C)cn1.O=CO. The molecule has 2 N–H and O–H groups in total. The number of carboxylic acid groups (broad SMARTS) is 1. The van der Waals surface area contributed by atoms with Crippen molar-refractivity contribution in [1.29, 1.82) is 0 Å². The van der Waals surface area contributed by atoms with E-state index in [9.17, 15) is 0 Å². The van der Waals surface area contributed by atoms with Gasteiger partial charge in [0.15, 0.2) is 0 Å². The van der Waals surface area contributed by atoms with E-state index in [-0.39, 0.29) is 6.47 Å². The summed E-state index contributed by atoms with van der Waals surface area (Å²) in [7, 11) is 2.14. The Balaban J connectivity index is 0.000000891. The van der Waals surface area contributed by atoms with Crippen LogP contribution < -0.4 is 0 Å². The van der Waals surface area contributed by atoms with E-state index >= 15 is 0 Å². The van der Waals surface area contributed by atoms with E-state index in [1.54, 1.807) is 0 Å². The van der Waals surface area contributed by atoms with Gasteiger partial charge in [-0.25, -0.2) is 9.97 Å². The van der Waals surface area contributed by atoms with E-state index < -0.39 is 0 Å². The lowest BCUT2D eigenvalue weighted by Crippen LogP contribution is -2.20. The number of H-pyrrole nitrogens is 1. The van der Waals surface area contributed by atoms with Crippen LogP contribution in [0, 0.1) is 13.8 Å². The number of nitrogens with zero attached hydrogens (tertiary/aromatic N) is 4. The maximum atomic E-state index is 8.36. The van der Waals surface area contributed by atoms with Gasteiger partial charge in [0, 0.05) is 36.6 Å². The van der Waals surface area contributed by atoms with Gasteiger partial charge >= 0.3 is 0 Å². The van der Waals surface area contributed by atoms with Gasteiger partial charge in [-0.2, -0.15) is 5.10 Å². The molecule has 0 spiro atoms. The van der Waals surface area contributed by atoms with E-state index in [2.05, 4.69) is 52.9 Å². The van der Waals surface area contributed by atoms with Crippen LogP contribution in [0.15, 0.2) is 12.4 Å². The molecule has 132 valence electrons. The van der Waals surface area contributed by atoms with Crippen LogP contribution in [-0.2, 0) is 24.2 Å². The van der Waals surface area contributed by atoms with Crippen LogP contribution in [0.4, 0.5) is 0 Å². The van der Waals surface area contributed by atoms with Gasteiger partial charge in [-0.05, 0) is 45.8 Å². The van der Waals surface area contributed by atoms with Gasteiger partial charge in [0.25, 0.3) is 6.47 Å². The lowest BCUT2D eigenvalue weighted by atomic mass is 10.1. The largest absolute Gasteiger partial charge is 0.483 e. The molecule has 0 aromatic carbocycles. The standard InChI is InChI=1S/C16H25N5.CH2O2/c1-5-16-17-9-14(10-18-16)11-21(4)8-6-7-15-12(2)19-20-13(15)3;2-1-3/h9-10H,5-8,11H2,1-4H3,(H,19,20);1H,(H,2,3). The first-order chi connectivity index (χ1) is 11.5. The van der Waals surface area contributed by atoms with Crippen molar-refractivity contribution in [3.8, 4) is 0 Å². The number of hydrogen-bond donors (Lipinski definition) is 2. The molecule has 0 saturated heterocycles. The van der Waals surface area contributed by atoms with Crippen LogP contribution in [0.25, 0.3) is 0 Å². The van der Waals surface area contributed by atoms with Crippen LogP contribution >= 0.6 is 0 Å². The van der Waals surface area contributed by atoms with E-state index in [0.29, 0.717) is 0 Å². The summed E-state index contributed by atoms with van der Waals surface area (Å²) < 4.78 is 0. The van der Waals surface area contributed by atoms with Crippen molar-refractivity contribution in [3.05, 3.63) is 40.7 Å². The molecule has 0 aliphatic carbocycles. The molecular formula is C17H27N5O2. The van der Waals surface area contributed by atoms with Gasteiger partial charge in [0.1, 0.15) is 5.82 Å². The van der Waals surface area contributed by atoms with Crippen molar-refractivity contribution < 1.29 is 9.90 Å². The average molecular weight is 333 g/mol. The lowest BCUT2D eigenvalue weighted by molar-refractivity contribution is -0.122. The molecule has 2 aromatic heterocycles. The fourth-order valence-corrected chi connectivity index (χ4v) is 2.50. The monoisotopic (exact) mass is 333 g/mol. The summed E-state index contributed by atoms with van der Waals surface area (Å²) in [6, 6.07) is 0. The molecule has 0 bridgehead atoms. The summed E-state index contributed by atoms with van der Waals surface area (Å²) in [4.78, 5) is 19.4. The quantitative estimate of drug-likeness (QED) is 0.754. The normalized spacial score (nSPS) is 10.4. The number of hydrogen-bond acceptors (Lipinski definition) is 5. The Hall–Kier alpha value is -2.28. The zero-order valence-corrected chi connectivity index (χ0v) is 14.9. The maximum Gasteiger partial charge on any atom is 0.290 e. The summed E-state index contributed by atoms with van der Waals surface area (Å²) >= 11 is 0. The van der Waals surface area contributed by atoms with Crippen LogP contribution in [0.5, 0.6) is 0 Å². The fraction of sp³-hybridized carbons (Fsp3) is 0.529. The highest BCUT2D eigenvalue weighted by molar-refractivity contribution is 5.32. The van der Waals surface area contributed by atoms with Crippen molar-refractivity contribution >= 4 is 6.47 Å². The smallest absolute Gasteiger partial charge is 0.290 e. The molecular weight excluding hydrogens is 306 g/mol. The second-order valence-corrected chi connectivity index (χ2v) is 5.72. The molecule has 0 fully saturated rings. The van der Waals surface area contributed by atoms with E-state index in [1.165, 1.54) is 16.8 Å². The van der Waals surface area contributed by atoms with Crippen LogP contribution in [0.3, 0.4) is 0 Å². The van der Waals surface area contributed by atoms with Gasteiger partial charge in [-0.15, -0.1) is 0 Å². The third kappa shape index (κ3) is 6.45. The molecule has 0 unspecified atom stereocenters. The Bertz CT molecular complexity index is 590. The lowest BCUT2D eigenvalue weighted by Gasteiger charge is -2.16. The van der Waals surface area contributed by atoms with E-state index in [1.807, 2.05) is 12.4 Å². The molecule has 7 nitrogen and oxygen atoms in total. The Kier molecular flexibility index (Phi) is 8.64. The van der Waals surface area contributed by atoms with Crippen LogP contribution in [0.1, 0.15) is 41.7 Å². The molecule has 2 aromatic rings. The number of nitrogens with one attached hydrogen (secondary N) is 1. The average Bonchev–Trinajstić information content (AvgIpc) is 2.88. The number of aryl methyl sites for hydroxylation is 3. The third-order valence-electron chi connectivity index (χ3n) is 3.77. The molecule has 0 aliphatic rings. The van der Waals surface area contributed by atoms with Crippen molar-refractivity contribution in [1.82, 2.24) is 25.1 Å². The molecule has 0 amide bonds. The van der Waals surface area contributed by atoms with Crippen molar-refractivity contribution in [3.63, 3.8) is 0 Å². The second kappa shape index (κ2) is 10.5. The molecule has 24 heavy (non-hydrogen) atoms. The molecule has 0 radical (unpaired) electrons. The van der Waals surface area contributed by atoms with Crippen molar-refractivity contribution in [2.75, 3.05) is 13.6 Å². The van der Waals surface area contributed by atoms with Crippen molar-refractivity contribution in [2.45, 2.75) is 46.6 Å².